The lowest BCUT2D eigenvalue weighted by atomic mass is 9.87. The number of hydrogen-bond donors (Lipinski definition) is 0. The van der Waals surface area contributed by atoms with Crippen LogP contribution in [0.15, 0.2) is 24.3 Å². The molecule has 0 saturated carbocycles. The first-order valence-electron chi connectivity index (χ1n) is 5.67. The van der Waals surface area contributed by atoms with Gasteiger partial charge in [0.25, 0.3) is 0 Å². The first-order valence-corrected chi connectivity index (χ1v) is 5.67. The average Bonchev–Trinajstić information content (AvgIpc) is 2.24. The molecule has 0 aliphatic rings. The molecule has 0 unspecified atom stereocenters. The Labute approximate surface area is 98.8 Å². The molecule has 1 heteroatoms. The summed E-state index contributed by atoms with van der Waals surface area (Å²) in [6.07, 6.45) is 0.789. The van der Waals surface area contributed by atoms with Crippen molar-refractivity contribution in [2.24, 2.45) is 0 Å². The minimum absolute atomic E-state index is 0.201. The number of benzene rings is 1. The van der Waals surface area contributed by atoms with Crippen molar-refractivity contribution in [3.8, 4) is 17.6 Å². The monoisotopic (exact) mass is 216 g/mol. The number of hydrogen-bond acceptors (Lipinski definition) is 1. The first kappa shape index (κ1) is 12.6. The van der Waals surface area contributed by atoms with Crippen LogP contribution in [0, 0.1) is 11.8 Å². The normalized spacial score (nSPS) is 10.5. The van der Waals surface area contributed by atoms with Crippen molar-refractivity contribution in [2.45, 2.75) is 39.5 Å². The van der Waals surface area contributed by atoms with Gasteiger partial charge in [0.2, 0.25) is 0 Å². The van der Waals surface area contributed by atoms with Crippen LogP contribution >= 0.6 is 0 Å². The minimum Gasteiger partial charge on any atom is -0.493 e. The summed E-state index contributed by atoms with van der Waals surface area (Å²) in [4.78, 5) is 0. The Morgan fingerprint density at radius 1 is 1.12 bits per heavy atom. The molecular weight excluding hydrogens is 196 g/mol. The van der Waals surface area contributed by atoms with Crippen molar-refractivity contribution in [3.05, 3.63) is 29.8 Å². The Bertz CT molecular complexity index is 371. The van der Waals surface area contributed by atoms with Crippen molar-refractivity contribution in [2.75, 3.05) is 6.61 Å². The van der Waals surface area contributed by atoms with Crippen LogP contribution in [-0.2, 0) is 5.41 Å². The molecule has 0 aliphatic carbocycles. The lowest BCUT2D eigenvalue weighted by Crippen LogP contribution is -2.10. The average molecular weight is 216 g/mol. The summed E-state index contributed by atoms with van der Waals surface area (Å²) in [5, 5.41) is 0. The summed E-state index contributed by atoms with van der Waals surface area (Å²) < 4.78 is 5.57. The summed E-state index contributed by atoms with van der Waals surface area (Å²) in [5.74, 6) is 6.75. The van der Waals surface area contributed by atoms with E-state index in [1.807, 2.05) is 19.1 Å². The Morgan fingerprint density at radius 2 is 1.75 bits per heavy atom. The van der Waals surface area contributed by atoms with Gasteiger partial charge in [0.1, 0.15) is 5.75 Å². The van der Waals surface area contributed by atoms with E-state index < -0.39 is 0 Å². The molecule has 1 aromatic rings. The van der Waals surface area contributed by atoms with Crippen molar-refractivity contribution in [1.29, 1.82) is 0 Å². The molecule has 1 rings (SSSR count). The summed E-state index contributed by atoms with van der Waals surface area (Å²) in [7, 11) is 0. The maximum Gasteiger partial charge on any atom is 0.119 e. The van der Waals surface area contributed by atoms with Gasteiger partial charge in [-0.25, -0.2) is 0 Å². The highest BCUT2D eigenvalue weighted by atomic mass is 16.5. The molecule has 0 aliphatic heterocycles. The predicted molar refractivity (Wildman–Crippen MR) is 68.7 cm³/mol. The van der Waals surface area contributed by atoms with Gasteiger partial charge in [-0.1, -0.05) is 32.9 Å². The number of rotatable bonds is 3. The van der Waals surface area contributed by atoms with Crippen LogP contribution < -0.4 is 4.74 Å². The first-order chi connectivity index (χ1) is 7.54. The molecule has 0 spiro atoms. The molecule has 0 amide bonds. The summed E-state index contributed by atoms with van der Waals surface area (Å²) in [6, 6.07) is 8.31. The van der Waals surface area contributed by atoms with Crippen molar-refractivity contribution < 1.29 is 4.74 Å². The predicted octanol–water partition coefficient (Wildman–Crippen LogP) is 3.78. The fourth-order valence-corrected chi connectivity index (χ4v) is 1.40. The van der Waals surface area contributed by atoms with Crippen LogP contribution in [0.25, 0.3) is 0 Å². The zero-order valence-electron chi connectivity index (χ0n) is 10.6. The van der Waals surface area contributed by atoms with Crippen LogP contribution in [0.4, 0.5) is 0 Å². The molecule has 1 aromatic carbocycles. The van der Waals surface area contributed by atoms with Crippen LogP contribution in [0.2, 0.25) is 0 Å². The van der Waals surface area contributed by atoms with Gasteiger partial charge in [-0.3, -0.25) is 0 Å². The highest BCUT2D eigenvalue weighted by Crippen LogP contribution is 2.24. The molecule has 0 aromatic heterocycles. The van der Waals surface area contributed by atoms with E-state index in [1.54, 1.807) is 0 Å². The molecule has 0 saturated heterocycles. The Kier molecular flexibility index (Phi) is 4.43. The van der Waals surface area contributed by atoms with Crippen LogP contribution in [-0.4, -0.2) is 6.61 Å². The van der Waals surface area contributed by atoms with E-state index in [9.17, 15) is 0 Å². The standard InChI is InChI=1S/C15H20O/c1-5-6-7-12-16-14-10-8-13(9-11-14)15(2,3)4/h8-11H,7,12H2,1-4H3. The van der Waals surface area contributed by atoms with Crippen molar-refractivity contribution >= 4 is 0 Å². The lowest BCUT2D eigenvalue weighted by Gasteiger charge is -2.19. The lowest BCUT2D eigenvalue weighted by molar-refractivity contribution is 0.327. The fourth-order valence-electron chi connectivity index (χ4n) is 1.40. The molecule has 0 fully saturated rings. The Hall–Kier alpha value is -1.42. The molecule has 0 heterocycles. The van der Waals surface area contributed by atoms with Gasteiger partial charge in [-0.05, 0) is 30.0 Å². The third kappa shape index (κ3) is 3.98. The highest BCUT2D eigenvalue weighted by Gasteiger charge is 2.12. The maximum absolute atomic E-state index is 5.57. The van der Waals surface area contributed by atoms with Gasteiger partial charge in [0.05, 0.1) is 6.61 Å². The zero-order valence-corrected chi connectivity index (χ0v) is 10.6. The second kappa shape index (κ2) is 5.61. The van der Waals surface area contributed by atoms with E-state index in [0.29, 0.717) is 6.61 Å². The van der Waals surface area contributed by atoms with E-state index in [4.69, 9.17) is 4.74 Å². The van der Waals surface area contributed by atoms with Gasteiger partial charge in [0.15, 0.2) is 0 Å². The summed E-state index contributed by atoms with van der Waals surface area (Å²) >= 11 is 0. The number of ether oxygens (including phenoxy) is 1. The van der Waals surface area contributed by atoms with Gasteiger partial charge in [0, 0.05) is 6.42 Å². The Balaban J connectivity index is 2.54. The topological polar surface area (TPSA) is 9.23 Å². The van der Waals surface area contributed by atoms with Gasteiger partial charge in [-0.2, -0.15) is 0 Å². The molecule has 16 heavy (non-hydrogen) atoms. The third-order valence-electron chi connectivity index (χ3n) is 2.39. The molecule has 0 atom stereocenters. The van der Waals surface area contributed by atoms with Gasteiger partial charge < -0.3 is 4.74 Å². The molecule has 86 valence electrons. The largest absolute Gasteiger partial charge is 0.493 e. The van der Waals surface area contributed by atoms with Crippen LogP contribution in [0.3, 0.4) is 0 Å². The second-order valence-electron chi connectivity index (χ2n) is 4.80. The quantitative estimate of drug-likeness (QED) is 0.552. The van der Waals surface area contributed by atoms with E-state index >= 15 is 0 Å². The van der Waals surface area contributed by atoms with E-state index in [2.05, 4.69) is 44.7 Å². The molecular formula is C15H20O. The molecule has 1 nitrogen and oxygen atoms in total. The summed E-state index contributed by atoms with van der Waals surface area (Å²) in [6.45, 7) is 9.13. The minimum atomic E-state index is 0.201. The van der Waals surface area contributed by atoms with Crippen LogP contribution in [0.1, 0.15) is 39.7 Å². The zero-order chi connectivity index (χ0) is 12.0. The third-order valence-corrected chi connectivity index (χ3v) is 2.39. The smallest absolute Gasteiger partial charge is 0.119 e. The fraction of sp³-hybridized carbons (Fsp3) is 0.467. The maximum atomic E-state index is 5.57. The Morgan fingerprint density at radius 3 is 2.25 bits per heavy atom. The highest BCUT2D eigenvalue weighted by molar-refractivity contribution is 5.31. The van der Waals surface area contributed by atoms with E-state index in [0.717, 1.165) is 12.2 Å². The van der Waals surface area contributed by atoms with Crippen molar-refractivity contribution in [1.82, 2.24) is 0 Å². The van der Waals surface area contributed by atoms with Crippen molar-refractivity contribution in [3.63, 3.8) is 0 Å². The molecule has 0 radical (unpaired) electrons. The van der Waals surface area contributed by atoms with E-state index in [1.165, 1.54) is 5.56 Å². The second-order valence-corrected chi connectivity index (χ2v) is 4.80. The van der Waals surface area contributed by atoms with Gasteiger partial charge >= 0.3 is 0 Å². The molecule has 0 bridgehead atoms. The van der Waals surface area contributed by atoms with Crippen LogP contribution in [0.5, 0.6) is 5.75 Å². The molecule has 0 N–H and O–H groups in total. The van der Waals surface area contributed by atoms with Gasteiger partial charge in [-0.15, -0.1) is 11.8 Å². The SMILES string of the molecule is CC#CCCOc1ccc(C(C)(C)C)cc1. The van der Waals surface area contributed by atoms with E-state index in [-0.39, 0.29) is 5.41 Å². The summed E-state index contributed by atoms with van der Waals surface area (Å²) in [5.41, 5.74) is 1.53.